The molecule has 1 rings (SSSR count). The Morgan fingerprint density at radius 2 is 1.93 bits per heavy atom. The highest BCUT2D eigenvalue weighted by molar-refractivity contribution is 5.84. The van der Waals surface area contributed by atoms with Gasteiger partial charge in [0, 0.05) is 32.1 Å². The van der Waals surface area contributed by atoms with Crippen LogP contribution >= 0.6 is 0 Å². The summed E-state index contributed by atoms with van der Waals surface area (Å²) >= 11 is 0. The van der Waals surface area contributed by atoms with Crippen LogP contribution in [0.2, 0.25) is 0 Å². The average molecular weight is 421 g/mol. The number of carboxylic acid groups (broad SMARTS) is 1. The molecule has 3 atom stereocenters. The molecule has 1 fully saturated rings. The summed E-state index contributed by atoms with van der Waals surface area (Å²) in [7, 11) is 0. The van der Waals surface area contributed by atoms with E-state index in [0.717, 1.165) is 6.42 Å². The van der Waals surface area contributed by atoms with Gasteiger partial charge in [0.25, 0.3) is 0 Å². The fourth-order valence-corrected chi connectivity index (χ4v) is 4.18. The molecule has 0 amide bonds. The summed E-state index contributed by atoms with van der Waals surface area (Å²) in [6.07, 6.45) is 12.8. The van der Waals surface area contributed by atoms with Crippen LogP contribution in [0.3, 0.4) is 0 Å². The SMILES string of the molecule is CCCCC(C)(C)C/C=C/[C@@H]1[C@H](C)CC(=O)[C@@H]1C/C=C(\CCCC(=O)O)OC(C)=O. The van der Waals surface area contributed by atoms with Gasteiger partial charge in [-0.1, -0.05) is 52.7 Å². The highest BCUT2D eigenvalue weighted by Gasteiger charge is 2.37. The van der Waals surface area contributed by atoms with Crippen LogP contribution < -0.4 is 0 Å². The molecule has 0 aliphatic heterocycles. The van der Waals surface area contributed by atoms with Gasteiger partial charge in [0.1, 0.15) is 11.5 Å². The van der Waals surface area contributed by atoms with Crippen LogP contribution in [0.5, 0.6) is 0 Å². The second-order valence-corrected chi connectivity index (χ2v) is 9.48. The molecule has 1 aliphatic rings. The Balaban J connectivity index is 2.80. The number of hydrogen-bond acceptors (Lipinski definition) is 4. The molecule has 0 bridgehead atoms. The van der Waals surface area contributed by atoms with E-state index in [0.29, 0.717) is 37.4 Å². The number of carbonyl (C=O) groups excluding carboxylic acids is 2. The van der Waals surface area contributed by atoms with Gasteiger partial charge >= 0.3 is 11.9 Å². The van der Waals surface area contributed by atoms with Gasteiger partial charge in [-0.15, -0.1) is 0 Å². The molecule has 0 aromatic rings. The Kier molecular flexibility index (Phi) is 11.1. The number of ether oxygens (including phenoxy) is 1. The van der Waals surface area contributed by atoms with E-state index >= 15 is 0 Å². The number of Topliss-reactive ketones (excluding diaryl/α,β-unsaturated/α-hetero) is 1. The molecular weight excluding hydrogens is 380 g/mol. The van der Waals surface area contributed by atoms with Crippen LogP contribution in [0.25, 0.3) is 0 Å². The van der Waals surface area contributed by atoms with Crippen molar-refractivity contribution in [2.75, 3.05) is 0 Å². The Morgan fingerprint density at radius 3 is 2.53 bits per heavy atom. The van der Waals surface area contributed by atoms with Crippen molar-refractivity contribution in [1.82, 2.24) is 0 Å². The van der Waals surface area contributed by atoms with Crippen molar-refractivity contribution in [2.45, 2.75) is 92.4 Å². The molecule has 1 saturated carbocycles. The first-order valence-corrected chi connectivity index (χ1v) is 11.3. The monoisotopic (exact) mass is 420 g/mol. The minimum Gasteiger partial charge on any atom is -0.481 e. The third-order valence-electron chi connectivity index (χ3n) is 5.98. The largest absolute Gasteiger partial charge is 0.481 e. The van der Waals surface area contributed by atoms with E-state index in [4.69, 9.17) is 9.84 Å². The maximum atomic E-state index is 12.6. The Labute approximate surface area is 182 Å². The third-order valence-corrected chi connectivity index (χ3v) is 5.98. The number of esters is 1. The number of aliphatic carboxylic acids is 1. The summed E-state index contributed by atoms with van der Waals surface area (Å²) in [5.74, 6) is -0.188. The fraction of sp³-hybridized carbons (Fsp3) is 0.720. The van der Waals surface area contributed by atoms with Crippen molar-refractivity contribution in [3.05, 3.63) is 24.0 Å². The van der Waals surface area contributed by atoms with Crippen molar-refractivity contribution >= 4 is 17.7 Å². The predicted octanol–water partition coefficient (Wildman–Crippen LogP) is 6.08. The number of hydrogen-bond donors (Lipinski definition) is 1. The van der Waals surface area contributed by atoms with E-state index in [-0.39, 0.29) is 29.5 Å². The lowest BCUT2D eigenvalue weighted by Crippen LogP contribution is -2.15. The lowest BCUT2D eigenvalue weighted by molar-refractivity contribution is -0.137. The van der Waals surface area contributed by atoms with Gasteiger partial charge in [-0.05, 0) is 49.0 Å². The Bertz CT molecular complexity index is 644. The van der Waals surface area contributed by atoms with E-state index < -0.39 is 11.9 Å². The fourth-order valence-electron chi connectivity index (χ4n) is 4.18. The highest BCUT2D eigenvalue weighted by atomic mass is 16.5. The molecule has 0 heterocycles. The van der Waals surface area contributed by atoms with Gasteiger partial charge in [0.2, 0.25) is 0 Å². The topological polar surface area (TPSA) is 80.7 Å². The van der Waals surface area contributed by atoms with Gasteiger partial charge in [-0.25, -0.2) is 0 Å². The predicted molar refractivity (Wildman–Crippen MR) is 119 cm³/mol. The molecule has 0 unspecified atom stereocenters. The summed E-state index contributed by atoms with van der Waals surface area (Å²) in [6, 6.07) is 0. The molecule has 0 aromatic heterocycles. The number of rotatable bonds is 13. The van der Waals surface area contributed by atoms with Crippen LogP contribution in [0.1, 0.15) is 92.4 Å². The van der Waals surface area contributed by atoms with Gasteiger partial charge in [-0.2, -0.15) is 0 Å². The number of carboxylic acids is 1. The van der Waals surface area contributed by atoms with E-state index in [1.807, 2.05) is 6.08 Å². The number of unbranched alkanes of at least 4 members (excludes halogenated alkanes) is 1. The summed E-state index contributed by atoms with van der Waals surface area (Å²) in [6.45, 7) is 10.2. The molecule has 0 aromatic carbocycles. The number of carbonyl (C=O) groups is 3. The van der Waals surface area contributed by atoms with Crippen LogP contribution in [-0.2, 0) is 19.1 Å². The summed E-state index contributed by atoms with van der Waals surface area (Å²) < 4.78 is 5.25. The van der Waals surface area contributed by atoms with E-state index in [2.05, 4.69) is 39.8 Å². The summed E-state index contributed by atoms with van der Waals surface area (Å²) in [4.78, 5) is 34.7. The molecule has 1 N–H and O–H groups in total. The number of ketones is 1. The smallest absolute Gasteiger partial charge is 0.307 e. The molecular formula is C25H40O5. The standard InChI is InChI=1S/C25H40O5/c1-6-7-15-25(4,5)16-9-11-21-18(2)17-23(27)22(21)14-13-20(30-19(3)26)10-8-12-24(28)29/h9,11,13,18,21-22H,6-8,10,12,14-17H2,1-5H3,(H,28,29)/b11-9+,20-13+/t18-,21-,22-/m1/s1. The maximum absolute atomic E-state index is 12.6. The molecule has 0 radical (unpaired) electrons. The first-order chi connectivity index (χ1) is 14.1. The maximum Gasteiger partial charge on any atom is 0.307 e. The quantitative estimate of drug-likeness (QED) is 0.222. The van der Waals surface area contributed by atoms with Gasteiger partial charge < -0.3 is 9.84 Å². The van der Waals surface area contributed by atoms with E-state index in [9.17, 15) is 14.4 Å². The van der Waals surface area contributed by atoms with Crippen LogP contribution in [0.4, 0.5) is 0 Å². The minimum atomic E-state index is -0.871. The minimum absolute atomic E-state index is 0.0250. The van der Waals surface area contributed by atoms with Crippen molar-refractivity contribution in [2.24, 2.45) is 23.2 Å². The lowest BCUT2D eigenvalue weighted by Gasteiger charge is -2.23. The molecule has 1 aliphatic carbocycles. The third kappa shape index (κ3) is 9.73. The highest BCUT2D eigenvalue weighted by Crippen LogP contribution is 2.38. The van der Waals surface area contributed by atoms with Crippen molar-refractivity contribution in [3.8, 4) is 0 Å². The second kappa shape index (κ2) is 12.7. The molecule has 170 valence electrons. The average Bonchev–Trinajstić information content (AvgIpc) is 2.90. The van der Waals surface area contributed by atoms with Crippen molar-refractivity contribution in [3.63, 3.8) is 0 Å². The molecule has 5 nitrogen and oxygen atoms in total. The van der Waals surface area contributed by atoms with Crippen LogP contribution in [0, 0.1) is 23.2 Å². The van der Waals surface area contributed by atoms with Gasteiger partial charge in [0.05, 0.1) is 0 Å². The Hall–Kier alpha value is -1.91. The molecule has 0 saturated heterocycles. The molecule has 5 heteroatoms. The summed E-state index contributed by atoms with van der Waals surface area (Å²) in [5.41, 5.74) is 0.264. The molecule has 0 spiro atoms. The molecule has 30 heavy (non-hydrogen) atoms. The second-order valence-electron chi connectivity index (χ2n) is 9.48. The van der Waals surface area contributed by atoms with E-state index in [1.165, 1.54) is 26.2 Å². The lowest BCUT2D eigenvalue weighted by atomic mass is 9.82. The number of allylic oxidation sites excluding steroid dienone is 4. The zero-order valence-corrected chi connectivity index (χ0v) is 19.4. The first kappa shape index (κ1) is 26.1. The zero-order valence-electron chi connectivity index (χ0n) is 19.4. The van der Waals surface area contributed by atoms with E-state index in [1.54, 1.807) is 0 Å². The van der Waals surface area contributed by atoms with Crippen molar-refractivity contribution < 1.29 is 24.2 Å². The van der Waals surface area contributed by atoms with Crippen LogP contribution in [0.15, 0.2) is 24.0 Å². The first-order valence-electron chi connectivity index (χ1n) is 11.3. The van der Waals surface area contributed by atoms with Crippen molar-refractivity contribution in [1.29, 1.82) is 0 Å². The Morgan fingerprint density at radius 1 is 1.23 bits per heavy atom. The summed E-state index contributed by atoms with van der Waals surface area (Å²) in [5, 5.41) is 8.82. The van der Waals surface area contributed by atoms with Gasteiger partial charge in [-0.3, -0.25) is 14.4 Å². The van der Waals surface area contributed by atoms with Crippen LogP contribution in [-0.4, -0.2) is 22.8 Å². The zero-order chi connectivity index (χ0) is 22.7. The van der Waals surface area contributed by atoms with Gasteiger partial charge in [0.15, 0.2) is 0 Å². The normalized spacial score (nSPS) is 22.6.